The van der Waals surface area contributed by atoms with Gasteiger partial charge in [0.15, 0.2) is 0 Å². The normalized spacial score (nSPS) is 26.9. The van der Waals surface area contributed by atoms with Crippen LogP contribution >= 0.6 is 0 Å². The van der Waals surface area contributed by atoms with Gasteiger partial charge in [-0.25, -0.2) is 0 Å². The van der Waals surface area contributed by atoms with Crippen LogP contribution in [-0.2, 0) is 0 Å². The van der Waals surface area contributed by atoms with E-state index in [1.54, 1.807) is 5.56 Å². The summed E-state index contributed by atoms with van der Waals surface area (Å²) in [7, 11) is 0. The number of allylic oxidation sites excluding steroid dienone is 4. The lowest BCUT2D eigenvalue weighted by molar-refractivity contribution is 0.774. The van der Waals surface area contributed by atoms with Crippen LogP contribution in [0, 0.1) is 6.92 Å². The van der Waals surface area contributed by atoms with E-state index in [-0.39, 0.29) is 0 Å². The van der Waals surface area contributed by atoms with E-state index in [1.807, 2.05) is 0 Å². The first-order valence-corrected chi connectivity index (χ1v) is 6.78. The van der Waals surface area contributed by atoms with Gasteiger partial charge in [-0.3, -0.25) is 0 Å². The van der Waals surface area contributed by atoms with E-state index in [9.17, 15) is 0 Å². The molecule has 1 aromatic rings. The van der Waals surface area contributed by atoms with Crippen LogP contribution in [0.5, 0.6) is 0 Å². The predicted molar refractivity (Wildman–Crippen MR) is 73.4 cm³/mol. The van der Waals surface area contributed by atoms with Gasteiger partial charge >= 0.3 is 0 Å². The molecule has 0 heteroatoms. The van der Waals surface area contributed by atoms with E-state index >= 15 is 0 Å². The second kappa shape index (κ2) is 4.52. The summed E-state index contributed by atoms with van der Waals surface area (Å²) < 4.78 is 0. The second-order valence-electron chi connectivity index (χ2n) is 5.34. The van der Waals surface area contributed by atoms with Gasteiger partial charge in [0.1, 0.15) is 0 Å². The number of hydrogen-bond donors (Lipinski definition) is 0. The van der Waals surface area contributed by atoms with Gasteiger partial charge in [-0.1, -0.05) is 42.5 Å². The average Bonchev–Trinajstić information content (AvgIpc) is 3.03. The first kappa shape index (κ1) is 10.8. The zero-order chi connectivity index (χ0) is 11.7. The van der Waals surface area contributed by atoms with Crippen LogP contribution in [0.25, 0.3) is 0 Å². The van der Waals surface area contributed by atoms with Gasteiger partial charge in [0, 0.05) is 11.8 Å². The van der Waals surface area contributed by atoms with Crippen molar-refractivity contribution < 1.29 is 0 Å². The van der Waals surface area contributed by atoms with Gasteiger partial charge in [-0.05, 0) is 49.3 Å². The minimum absolute atomic E-state index is 0.666. The van der Waals surface area contributed by atoms with Crippen LogP contribution in [-0.4, -0.2) is 0 Å². The Hall–Kier alpha value is -1.30. The zero-order valence-corrected chi connectivity index (χ0v) is 10.5. The molecule has 3 rings (SSSR count). The fourth-order valence-corrected chi connectivity index (χ4v) is 3.09. The van der Waals surface area contributed by atoms with E-state index < -0.39 is 0 Å². The molecule has 17 heavy (non-hydrogen) atoms. The highest BCUT2D eigenvalue weighted by atomic mass is 14.2. The second-order valence-corrected chi connectivity index (χ2v) is 5.34. The highest BCUT2D eigenvalue weighted by Crippen LogP contribution is 2.35. The molecule has 0 spiro atoms. The Morgan fingerprint density at radius 1 is 0.941 bits per heavy atom. The maximum Gasteiger partial charge on any atom is 0.00236 e. The molecule has 0 bridgehead atoms. The van der Waals surface area contributed by atoms with Gasteiger partial charge in [0.25, 0.3) is 0 Å². The standard InChI is InChI=1S/C17H20/c1-13-10-11-16(14-6-2-3-7-14)12-17(13)15-8-4-5-9-15/h2,4,6,8,10-12,14-15H,3,5,7,9H2,1H3. The third kappa shape index (κ3) is 2.09. The molecule has 2 aliphatic rings. The minimum atomic E-state index is 0.666. The smallest absolute Gasteiger partial charge is 0.00236 e. The minimum Gasteiger partial charge on any atom is -0.0879 e. The molecule has 2 aliphatic carbocycles. The van der Waals surface area contributed by atoms with E-state index in [4.69, 9.17) is 0 Å². The quantitative estimate of drug-likeness (QED) is 0.629. The molecule has 0 N–H and O–H groups in total. The van der Waals surface area contributed by atoms with Gasteiger partial charge in [-0.2, -0.15) is 0 Å². The summed E-state index contributed by atoms with van der Waals surface area (Å²) in [6.07, 6.45) is 14.5. The fourth-order valence-electron chi connectivity index (χ4n) is 3.09. The molecule has 88 valence electrons. The van der Waals surface area contributed by atoms with Crippen LogP contribution in [0.1, 0.15) is 54.2 Å². The van der Waals surface area contributed by atoms with Crippen molar-refractivity contribution in [2.75, 3.05) is 0 Å². The molecule has 0 aliphatic heterocycles. The van der Waals surface area contributed by atoms with Crippen LogP contribution in [0.15, 0.2) is 42.5 Å². The van der Waals surface area contributed by atoms with E-state index in [1.165, 1.54) is 36.8 Å². The Balaban J connectivity index is 1.94. The molecule has 0 saturated heterocycles. The Morgan fingerprint density at radius 3 is 2.29 bits per heavy atom. The molecule has 2 atom stereocenters. The lowest BCUT2D eigenvalue weighted by Crippen LogP contribution is -1.99. The monoisotopic (exact) mass is 224 g/mol. The molecule has 0 nitrogen and oxygen atoms in total. The van der Waals surface area contributed by atoms with E-state index in [0.29, 0.717) is 11.8 Å². The number of hydrogen-bond acceptors (Lipinski definition) is 0. The van der Waals surface area contributed by atoms with Gasteiger partial charge in [0.05, 0.1) is 0 Å². The van der Waals surface area contributed by atoms with Crippen LogP contribution in [0.3, 0.4) is 0 Å². The Labute approximate surface area is 104 Å². The number of rotatable bonds is 2. The summed E-state index contributed by atoms with van der Waals surface area (Å²) >= 11 is 0. The molecule has 0 aromatic heterocycles. The maximum atomic E-state index is 2.45. The summed E-state index contributed by atoms with van der Waals surface area (Å²) in [6.45, 7) is 2.25. The van der Waals surface area contributed by atoms with E-state index in [2.05, 4.69) is 49.4 Å². The van der Waals surface area contributed by atoms with Gasteiger partial charge < -0.3 is 0 Å². The Kier molecular flexibility index (Phi) is 2.88. The average molecular weight is 224 g/mol. The Bertz CT molecular complexity index is 465. The highest BCUT2D eigenvalue weighted by Gasteiger charge is 2.17. The summed E-state index contributed by atoms with van der Waals surface area (Å²) in [6, 6.07) is 7.08. The van der Waals surface area contributed by atoms with E-state index in [0.717, 1.165) is 0 Å². The van der Waals surface area contributed by atoms with Crippen LogP contribution < -0.4 is 0 Å². The first-order chi connectivity index (χ1) is 8.34. The molecular formula is C17H20. The number of benzene rings is 1. The van der Waals surface area contributed by atoms with Crippen molar-refractivity contribution in [3.05, 3.63) is 59.2 Å². The Morgan fingerprint density at radius 2 is 1.65 bits per heavy atom. The molecule has 0 heterocycles. The summed E-state index contributed by atoms with van der Waals surface area (Å²) in [5.74, 6) is 1.33. The first-order valence-electron chi connectivity index (χ1n) is 6.78. The van der Waals surface area contributed by atoms with Crippen molar-refractivity contribution in [3.63, 3.8) is 0 Å². The summed E-state index contributed by atoms with van der Waals surface area (Å²) in [4.78, 5) is 0. The van der Waals surface area contributed by atoms with Crippen LogP contribution in [0.2, 0.25) is 0 Å². The third-order valence-electron chi connectivity index (χ3n) is 4.16. The van der Waals surface area contributed by atoms with Crippen molar-refractivity contribution in [1.29, 1.82) is 0 Å². The lowest BCUT2D eigenvalue weighted by Gasteiger charge is -2.16. The third-order valence-corrected chi connectivity index (χ3v) is 4.16. The molecule has 0 fully saturated rings. The topological polar surface area (TPSA) is 0 Å². The van der Waals surface area contributed by atoms with Crippen molar-refractivity contribution in [2.24, 2.45) is 0 Å². The summed E-state index contributed by atoms with van der Waals surface area (Å²) in [5.41, 5.74) is 4.52. The molecule has 0 saturated carbocycles. The molecule has 0 amide bonds. The van der Waals surface area contributed by atoms with Crippen molar-refractivity contribution >= 4 is 0 Å². The van der Waals surface area contributed by atoms with Gasteiger partial charge in [0.2, 0.25) is 0 Å². The SMILES string of the molecule is Cc1ccc(C2C=CCC2)cc1C1C=CCC1. The predicted octanol–water partition coefficient (Wildman–Crippen LogP) is 4.86. The van der Waals surface area contributed by atoms with Crippen LogP contribution in [0.4, 0.5) is 0 Å². The lowest BCUT2D eigenvalue weighted by atomic mass is 9.89. The summed E-state index contributed by atoms with van der Waals surface area (Å²) in [5, 5.41) is 0. The van der Waals surface area contributed by atoms with Crippen molar-refractivity contribution in [1.82, 2.24) is 0 Å². The molecular weight excluding hydrogens is 204 g/mol. The molecule has 0 radical (unpaired) electrons. The maximum absolute atomic E-state index is 2.45. The van der Waals surface area contributed by atoms with Crippen molar-refractivity contribution in [3.8, 4) is 0 Å². The highest BCUT2D eigenvalue weighted by molar-refractivity contribution is 5.40. The fraction of sp³-hybridized carbons (Fsp3) is 0.412. The molecule has 2 unspecified atom stereocenters. The zero-order valence-electron chi connectivity index (χ0n) is 10.5. The largest absolute Gasteiger partial charge is 0.0879 e. The number of aryl methyl sites for hydroxylation is 1. The van der Waals surface area contributed by atoms with Crippen molar-refractivity contribution in [2.45, 2.75) is 44.4 Å². The molecule has 1 aromatic carbocycles. The van der Waals surface area contributed by atoms with Gasteiger partial charge in [-0.15, -0.1) is 0 Å².